The standard InChI is InChI=1S/C23H37N3O10S/c1-23(2)14-34-18(30)6-7-19(31)37-11-10-24-16(27)8-9-25-21(32)20(23)36-22(33)35-15(12-17(28)29)13-26(3,4)5/h15,20H,6-14H2,1-5H3,(H2-,24,25,27,28,29,32)/p+1/t15-,20+/m1/s1. The summed E-state index contributed by atoms with van der Waals surface area (Å²) in [5, 5.41) is 14.1. The van der Waals surface area contributed by atoms with Gasteiger partial charge < -0.3 is 34.4 Å². The molecule has 210 valence electrons. The van der Waals surface area contributed by atoms with E-state index in [1.54, 1.807) is 21.1 Å². The highest BCUT2D eigenvalue weighted by atomic mass is 32.2. The number of nitrogens with one attached hydrogen (secondary N) is 2. The smallest absolute Gasteiger partial charge is 0.481 e. The third-order valence-electron chi connectivity index (χ3n) is 5.06. The number of hydrogen-bond donors (Lipinski definition) is 3. The van der Waals surface area contributed by atoms with E-state index in [0.717, 1.165) is 11.8 Å². The van der Waals surface area contributed by atoms with E-state index < -0.39 is 48.0 Å². The summed E-state index contributed by atoms with van der Waals surface area (Å²) < 4.78 is 16.1. The number of aliphatic carboxylic acids is 1. The number of nitrogens with zero attached hydrogens (tertiary/aromatic N) is 1. The number of hydrogen-bond acceptors (Lipinski definition) is 10. The molecule has 37 heavy (non-hydrogen) atoms. The molecule has 1 heterocycles. The second-order valence-corrected chi connectivity index (χ2v) is 11.5. The topological polar surface area (TPSA) is 174 Å². The molecule has 0 radical (unpaired) electrons. The first-order valence-electron chi connectivity index (χ1n) is 11.8. The van der Waals surface area contributed by atoms with Crippen molar-refractivity contribution in [2.24, 2.45) is 5.41 Å². The molecular formula is C23H38N3O10S+. The molecule has 1 aliphatic heterocycles. The molecule has 2 atom stereocenters. The number of carbonyl (C=O) groups is 6. The summed E-state index contributed by atoms with van der Waals surface area (Å²) in [7, 11) is 5.38. The van der Waals surface area contributed by atoms with Gasteiger partial charge in [-0.2, -0.15) is 0 Å². The number of carboxylic acids is 1. The summed E-state index contributed by atoms with van der Waals surface area (Å²) in [6, 6.07) is 0. The monoisotopic (exact) mass is 548 g/mol. The van der Waals surface area contributed by atoms with Gasteiger partial charge in [-0.05, 0) is 0 Å². The molecule has 1 fully saturated rings. The van der Waals surface area contributed by atoms with E-state index in [1.165, 1.54) is 13.8 Å². The molecule has 0 unspecified atom stereocenters. The van der Waals surface area contributed by atoms with Crippen LogP contribution in [0.15, 0.2) is 0 Å². The van der Waals surface area contributed by atoms with Gasteiger partial charge in [0.15, 0.2) is 17.3 Å². The third kappa shape index (κ3) is 13.9. The molecule has 1 rings (SSSR count). The van der Waals surface area contributed by atoms with Crippen molar-refractivity contribution in [1.29, 1.82) is 0 Å². The van der Waals surface area contributed by atoms with Gasteiger partial charge in [0.1, 0.15) is 13.2 Å². The van der Waals surface area contributed by atoms with Crippen LogP contribution in [0.1, 0.15) is 39.5 Å². The van der Waals surface area contributed by atoms with E-state index in [9.17, 15) is 33.9 Å². The van der Waals surface area contributed by atoms with Crippen molar-refractivity contribution in [3.63, 3.8) is 0 Å². The number of carboxylic acid groups (broad SMARTS) is 1. The Kier molecular flexibility index (Phi) is 12.8. The van der Waals surface area contributed by atoms with Gasteiger partial charge >= 0.3 is 18.1 Å². The zero-order chi connectivity index (χ0) is 28.2. The van der Waals surface area contributed by atoms with Crippen LogP contribution in [0, 0.1) is 5.41 Å². The van der Waals surface area contributed by atoms with Gasteiger partial charge in [0.05, 0.1) is 34.0 Å². The Bertz CT molecular complexity index is 856. The van der Waals surface area contributed by atoms with Gasteiger partial charge in [0.25, 0.3) is 5.91 Å². The average Bonchev–Trinajstić information content (AvgIpc) is 2.75. The second-order valence-electron chi connectivity index (χ2n) is 10.3. The van der Waals surface area contributed by atoms with Crippen LogP contribution in [-0.2, 0) is 38.2 Å². The molecule has 0 aromatic rings. The number of cyclic esters (lactones) is 1. The van der Waals surface area contributed by atoms with Crippen LogP contribution in [0.5, 0.6) is 0 Å². The predicted molar refractivity (Wildman–Crippen MR) is 132 cm³/mol. The predicted octanol–water partition coefficient (Wildman–Crippen LogP) is 0.303. The number of esters is 1. The van der Waals surface area contributed by atoms with Gasteiger partial charge in [-0.25, -0.2) is 4.79 Å². The molecule has 13 nitrogen and oxygen atoms in total. The zero-order valence-electron chi connectivity index (χ0n) is 22.0. The van der Waals surface area contributed by atoms with Crippen molar-refractivity contribution in [1.82, 2.24) is 10.6 Å². The van der Waals surface area contributed by atoms with Crippen LogP contribution >= 0.6 is 11.8 Å². The number of ether oxygens (including phenoxy) is 3. The summed E-state index contributed by atoms with van der Waals surface area (Å²) in [5.74, 6) is -2.59. The number of quaternary nitrogens is 1. The van der Waals surface area contributed by atoms with Gasteiger partial charge in [-0.15, -0.1) is 0 Å². The summed E-state index contributed by atoms with van der Waals surface area (Å²) in [6.45, 7) is 3.08. The summed E-state index contributed by atoms with van der Waals surface area (Å²) in [6.07, 6.45) is -4.53. The third-order valence-corrected chi connectivity index (χ3v) is 5.99. The highest BCUT2D eigenvalue weighted by molar-refractivity contribution is 8.13. The van der Waals surface area contributed by atoms with Crippen LogP contribution in [0.4, 0.5) is 4.79 Å². The average molecular weight is 549 g/mol. The summed E-state index contributed by atoms with van der Waals surface area (Å²) in [4.78, 5) is 72.9. The van der Waals surface area contributed by atoms with Crippen molar-refractivity contribution in [3.05, 3.63) is 0 Å². The molecule has 3 N–H and O–H groups in total. The minimum Gasteiger partial charge on any atom is -0.481 e. The maximum Gasteiger partial charge on any atom is 0.509 e. The Morgan fingerprint density at radius 3 is 2.41 bits per heavy atom. The Hall–Kier alpha value is -2.87. The second kappa shape index (κ2) is 14.8. The van der Waals surface area contributed by atoms with Gasteiger partial charge in [0, 0.05) is 37.1 Å². The molecule has 0 aliphatic carbocycles. The maximum atomic E-state index is 13.0. The van der Waals surface area contributed by atoms with Crippen LogP contribution in [0.25, 0.3) is 0 Å². The number of rotatable bonds is 6. The Morgan fingerprint density at radius 1 is 1.11 bits per heavy atom. The fourth-order valence-electron chi connectivity index (χ4n) is 3.30. The van der Waals surface area contributed by atoms with E-state index in [2.05, 4.69) is 10.6 Å². The number of carbonyl (C=O) groups excluding carboxylic acids is 5. The number of likely N-dealkylation sites (N-methyl/N-ethyl adjacent to an activating group) is 1. The van der Waals surface area contributed by atoms with E-state index in [4.69, 9.17) is 14.2 Å². The number of amides is 2. The van der Waals surface area contributed by atoms with Crippen molar-refractivity contribution in [2.45, 2.75) is 51.7 Å². The van der Waals surface area contributed by atoms with Crippen LogP contribution in [0.3, 0.4) is 0 Å². The first-order valence-corrected chi connectivity index (χ1v) is 12.8. The molecule has 2 amide bonds. The fraction of sp³-hybridized carbons (Fsp3) is 0.739. The van der Waals surface area contributed by atoms with Crippen LogP contribution in [0.2, 0.25) is 0 Å². The largest absolute Gasteiger partial charge is 0.509 e. The lowest BCUT2D eigenvalue weighted by atomic mass is 9.86. The van der Waals surface area contributed by atoms with Crippen molar-refractivity contribution < 1.29 is 52.6 Å². The van der Waals surface area contributed by atoms with E-state index in [1.807, 2.05) is 0 Å². The van der Waals surface area contributed by atoms with Crippen molar-refractivity contribution in [3.8, 4) is 0 Å². The minimum atomic E-state index is -1.50. The highest BCUT2D eigenvalue weighted by Gasteiger charge is 2.41. The molecule has 0 bridgehead atoms. The normalized spacial score (nSPS) is 21.5. The minimum absolute atomic E-state index is 0.0537. The van der Waals surface area contributed by atoms with Gasteiger partial charge in [0.2, 0.25) is 5.91 Å². The molecule has 0 aromatic heterocycles. The van der Waals surface area contributed by atoms with Gasteiger partial charge in [-0.1, -0.05) is 25.6 Å². The summed E-state index contributed by atoms with van der Waals surface area (Å²) in [5.41, 5.74) is -1.24. The molecule has 0 spiro atoms. The highest BCUT2D eigenvalue weighted by Crippen LogP contribution is 2.26. The van der Waals surface area contributed by atoms with Crippen molar-refractivity contribution in [2.75, 3.05) is 53.1 Å². The first kappa shape index (κ1) is 32.2. The van der Waals surface area contributed by atoms with Crippen LogP contribution in [-0.4, -0.2) is 110 Å². The maximum absolute atomic E-state index is 13.0. The Labute approximate surface area is 220 Å². The summed E-state index contributed by atoms with van der Waals surface area (Å²) >= 11 is 0.999. The van der Waals surface area contributed by atoms with E-state index in [0.29, 0.717) is 10.2 Å². The number of thioether (sulfide) groups is 1. The lowest BCUT2D eigenvalue weighted by molar-refractivity contribution is -0.873. The molecule has 1 aliphatic rings. The molecule has 0 saturated carbocycles. The van der Waals surface area contributed by atoms with Crippen molar-refractivity contribution >= 4 is 46.8 Å². The quantitative estimate of drug-likeness (QED) is 0.308. The van der Waals surface area contributed by atoms with Crippen LogP contribution < -0.4 is 10.6 Å². The Morgan fingerprint density at radius 2 is 1.78 bits per heavy atom. The van der Waals surface area contributed by atoms with Gasteiger partial charge in [-0.3, -0.25) is 24.0 Å². The molecule has 0 aromatic carbocycles. The fourth-order valence-corrected chi connectivity index (χ4v) is 3.98. The SMILES string of the molecule is CC1(C)COC(=O)CCC(=O)SCCNC(=O)CCNC(=O)[C@@H]1OC(=O)O[C@H](CC(=O)O)C[N+](C)(C)C. The first-order chi connectivity index (χ1) is 17.1. The lowest BCUT2D eigenvalue weighted by Crippen LogP contribution is -2.50. The molecular weight excluding hydrogens is 510 g/mol. The zero-order valence-corrected chi connectivity index (χ0v) is 22.8. The Balaban J connectivity index is 3.04. The lowest BCUT2D eigenvalue weighted by Gasteiger charge is -2.33. The van der Waals surface area contributed by atoms with E-state index >= 15 is 0 Å². The van der Waals surface area contributed by atoms with E-state index in [-0.39, 0.29) is 56.5 Å². The molecule has 14 heteroatoms. The molecule has 1 saturated heterocycles.